The first-order valence-electron chi connectivity index (χ1n) is 14.2. The van der Waals surface area contributed by atoms with Crippen LogP contribution in [0.5, 0.6) is 11.5 Å². The SMILES string of the molecule is CCOC(=O)C1=C(C)N=c2s/c(=C\c3cn(-c4ccccc4)nc3-c3ccc(OC)c(Br)c3)c(=O)n2[C@@H]1c1ccc(OC)cc1. The number of methoxy groups -OCH3 is 2. The number of carbonyl (C=O) groups excluding carboxylic acids is 1. The van der Waals surface area contributed by atoms with E-state index in [1.54, 1.807) is 49.4 Å². The Labute approximate surface area is 271 Å². The predicted molar refractivity (Wildman–Crippen MR) is 177 cm³/mol. The van der Waals surface area contributed by atoms with Gasteiger partial charge in [0.25, 0.3) is 5.56 Å². The Kier molecular flexibility index (Phi) is 8.55. The standard InChI is InChI=1S/C34H29BrN4O5S/c1-5-44-33(41)29-20(2)36-34-39(31(29)21-11-14-25(42-3)15-12-21)32(40)28(45-34)18-23-19-38(24-9-7-6-8-10-24)37-30(23)22-13-16-27(43-4)26(35)17-22/h6-19,31H,5H2,1-4H3/b28-18-/t31-/m1/s1. The van der Waals surface area contributed by atoms with Crippen LogP contribution in [0, 0.1) is 0 Å². The number of nitrogens with zero attached hydrogens (tertiary/aromatic N) is 4. The van der Waals surface area contributed by atoms with Crippen LogP contribution < -0.4 is 24.4 Å². The molecular formula is C34H29BrN4O5S. The normalized spacial score (nSPS) is 14.6. The smallest absolute Gasteiger partial charge is 0.338 e. The summed E-state index contributed by atoms with van der Waals surface area (Å²) in [5.41, 5.74) is 4.43. The fourth-order valence-corrected chi connectivity index (χ4v) is 6.86. The van der Waals surface area contributed by atoms with Gasteiger partial charge in [0.15, 0.2) is 4.80 Å². The van der Waals surface area contributed by atoms with Crippen molar-refractivity contribution in [2.75, 3.05) is 20.8 Å². The lowest BCUT2D eigenvalue weighted by molar-refractivity contribution is -0.139. The number of hydrogen-bond acceptors (Lipinski definition) is 8. The maximum Gasteiger partial charge on any atom is 0.338 e. The molecule has 0 unspecified atom stereocenters. The molecule has 0 aliphatic carbocycles. The lowest BCUT2D eigenvalue weighted by atomic mass is 9.96. The van der Waals surface area contributed by atoms with E-state index < -0.39 is 12.0 Å². The van der Waals surface area contributed by atoms with Crippen molar-refractivity contribution >= 4 is 39.3 Å². The lowest BCUT2D eigenvalue weighted by Gasteiger charge is -2.24. The number of carbonyl (C=O) groups is 1. The van der Waals surface area contributed by atoms with Crippen LogP contribution in [0.3, 0.4) is 0 Å². The molecule has 0 saturated heterocycles. The second kappa shape index (κ2) is 12.7. The quantitative estimate of drug-likeness (QED) is 0.202. The Bertz CT molecular complexity index is 2110. The van der Waals surface area contributed by atoms with Crippen molar-refractivity contribution < 1.29 is 19.0 Å². The average molecular weight is 686 g/mol. The number of fused-ring (bicyclic) bond motifs is 1. The molecule has 9 nitrogen and oxygen atoms in total. The fraction of sp³-hybridized carbons (Fsp3) is 0.176. The van der Waals surface area contributed by atoms with E-state index in [1.165, 1.54) is 11.3 Å². The molecule has 0 bridgehead atoms. The number of rotatable bonds is 8. The largest absolute Gasteiger partial charge is 0.497 e. The van der Waals surface area contributed by atoms with Crippen LogP contribution in [0.25, 0.3) is 23.0 Å². The number of hydrogen-bond donors (Lipinski definition) is 0. The highest BCUT2D eigenvalue weighted by Gasteiger charge is 2.33. The average Bonchev–Trinajstić information content (AvgIpc) is 3.61. The Morgan fingerprint density at radius 1 is 1.04 bits per heavy atom. The molecule has 0 amide bonds. The summed E-state index contributed by atoms with van der Waals surface area (Å²) in [5, 5.41) is 4.92. The highest BCUT2D eigenvalue weighted by Crippen LogP contribution is 2.33. The molecule has 0 fully saturated rings. The summed E-state index contributed by atoms with van der Waals surface area (Å²) >= 11 is 4.85. The summed E-state index contributed by atoms with van der Waals surface area (Å²) in [6, 6.07) is 22.1. The lowest BCUT2D eigenvalue weighted by Crippen LogP contribution is -2.39. The van der Waals surface area contributed by atoms with Gasteiger partial charge in [0.2, 0.25) is 0 Å². The first-order chi connectivity index (χ1) is 21.8. The topological polar surface area (TPSA) is 96.9 Å². The van der Waals surface area contributed by atoms with Gasteiger partial charge in [-0.1, -0.05) is 41.7 Å². The van der Waals surface area contributed by atoms with Gasteiger partial charge in [0.1, 0.15) is 17.2 Å². The van der Waals surface area contributed by atoms with Crippen LogP contribution in [0.2, 0.25) is 0 Å². The molecule has 45 heavy (non-hydrogen) atoms. The van der Waals surface area contributed by atoms with Crippen molar-refractivity contribution in [2.24, 2.45) is 4.99 Å². The van der Waals surface area contributed by atoms with Crippen molar-refractivity contribution in [1.29, 1.82) is 0 Å². The zero-order chi connectivity index (χ0) is 31.7. The van der Waals surface area contributed by atoms with Gasteiger partial charge in [-0.15, -0.1) is 0 Å². The molecule has 0 N–H and O–H groups in total. The van der Waals surface area contributed by atoms with Crippen molar-refractivity contribution in [3.8, 4) is 28.4 Å². The third-order valence-corrected chi connectivity index (χ3v) is 9.03. The van der Waals surface area contributed by atoms with Gasteiger partial charge in [-0.25, -0.2) is 14.5 Å². The maximum absolute atomic E-state index is 14.3. The second-order valence-electron chi connectivity index (χ2n) is 10.1. The van der Waals surface area contributed by atoms with E-state index >= 15 is 0 Å². The third-order valence-electron chi connectivity index (χ3n) is 7.42. The van der Waals surface area contributed by atoms with Gasteiger partial charge in [0, 0.05) is 17.3 Å². The number of aromatic nitrogens is 3. The molecule has 3 heterocycles. The minimum absolute atomic E-state index is 0.199. The number of para-hydroxylation sites is 1. The minimum Gasteiger partial charge on any atom is -0.497 e. The summed E-state index contributed by atoms with van der Waals surface area (Å²) in [5.74, 6) is 0.852. The van der Waals surface area contributed by atoms with Gasteiger partial charge in [-0.2, -0.15) is 5.10 Å². The molecule has 0 radical (unpaired) electrons. The summed E-state index contributed by atoms with van der Waals surface area (Å²) in [6.07, 6.45) is 3.73. The van der Waals surface area contributed by atoms with Crippen LogP contribution in [-0.4, -0.2) is 41.1 Å². The van der Waals surface area contributed by atoms with Crippen molar-refractivity contribution in [2.45, 2.75) is 19.9 Å². The molecule has 6 rings (SSSR count). The minimum atomic E-state index is -0.725. The summed E-state index contributed by atoms with van der Waals surface area (Å²) in [7, 11) is 3.20. The third kappa shape index (κ3) is 5.76. The van der Waals surface area contributed by atoms with E-state index in [2.05, 4.69) is 15.9 Å². The van der Waals surface area contributed by atoms with Gasteiger partial charge >= 0.3 is 5.97 Å². The highest BCUT2D eigenvalue weighted by atomic mass is 79.9. The van der Waals surface area contributed by atoms with E-state index in [1.807, 2.05) is 72.9 Å². The highest BCUT2D eigenvalue weighted by molar-refractivity contribution is 9.10. The number of ether oxygens (including phenoxy) is 3. The summed E-state index contributed by atoms with van der Waals surface area (Å²) in [6.45, 7) is 3.72. The maximum atomic E-state index is 14.3. The van der Waals surface area contributed by atoms with E-state index in [9.17, 15) is 9.59 Å². The van der Waals surface area contributed by atoms with Crippen LogP contribution in [-0.2, 0) is 9.53 Å². The zero-order valence-electron chi connectivity index (χ0n) is 25.0. The molecule has 5 aromatic rings. The molecule has 1 atom stereocenters. The number of allylic oxidation sites excluding steroid dienone is 1. The monoisotopic (exact) mass is 684 g/mol. The molecule has 3 aromatic carbocycles. The van der Waals surface area contributed by atoms with Crippen LogP contribution in [0.4, 0.5) is 0 Å². The summed E-state index contributed by atoms with van der Waals surface area (Å²) < 4.78 is 20.8. The van der Waals surface area contributed by atoms with E-state index in [-0.39, 0.29) is 12.2 Å². The van der Waals surface area contributed by atoms with Gasteiger partial charge < -0.3 is 14.2 Å². The van der Waals surface area contributed by atoms with Gasteiger partial charge in [-0.3, -0.25) is 9.36 Å². The first kappa shape index (κ1) is 30.3. The number of halogens is 1. The van der Waals surface area contributed by atoms with E-state index in [0.717, 1.165) is 26.9 Å². The number of benzene rings is 3. The van der Waals surface area contributed by atoms with Crippen molar-refractivity contribution in [3.63, 3.8) is 0 Å². The Morgan fingerprint density at radius 2 is 1.80 bits per heavy atom. The van der Waals surface area contributed by atoms with Crippen molar-refractivity contribution in [1.82, 2.24) is 14.3 Å². The molecule has 11 heteroatoms. The number of esters is 1. The molecule has 228 valence electrons. The fourth-order valence-electron chi connectivity index (χ4n) is 5.28. The predicted octanol–water partition coefficient (Wildman–Crippen LogP) is 5.43. The van der Waals surface area contributed by atoms with Crippen LogP contribution in [0.1, 0.15) is 31.0 Å². The summed E-state index contributed by atoms with van der Waals surface area (Å²) in [4.78, 5) is 32.7. The molecule has 0 spiro atoms. The van der Waals surface area contributed by atoms with Crippen LogP contribution >= 0.6 is 27.3 Å². The van der Waals surface area contributed by atoms with Gasteiger partial charge in [-0.05, 0) is 83.9 Å². The van der Waals surface area contributed by atoms with Crippen molar-refractivity contribution in [3.05, 3.63) is 126 Å². The van der Waals surface area contributed by atoms with E-state index in [4.69, 9.17) is 24.3 Å². The Balaban J connectivity index is 1.55. The molecule has 2 aromatic heterocycles. The molecular weight excluding hydrogens is 656 g/mol. The van der Waals surface area contributed by atoms with E-state index in [0.29, 0.717) is 37.8 Å². The number of thiazole rings is 1. The zero-order valence-corrected chi connectivity index (χ0v) is 27.4. The molecule has 1 aliphatic heterocycles. The van der Waals surface area contributed by atoms with Crippen LogP contribution in [0.15, 0.2) is 105 Å². The second-order valence-corrected chi connectivity index (χ2v) is 12.0. The Morgan fingerprint density at radius 3 is 2.47 bits per heavy atom. The Hall–Kier alpha value is -4.74. The molecule has 1 aliphatic rings. The first-order valence-corrected chi connectivity index (χ1v) is 15.8. The van der Waals surface area contributed by atoms with Gasteiger partial charge in [0.05, 0.1) is 52.8 Å². The molecule has 0 saturated carbocycles.